The molecule has 102 valence electrons. The van der Waals surface area contributed by atoms with E-state index in [1.807, 2.05) is 6.92 Å². The zero-order valence-corrected chi connectivity index (χ0v) is 11.9. The molecule has 1 heterocycles. The van der Waals surface area contributed by atoms with Crippen LogP contribution in [0.1, 0.15) is 18.3 Å². The lowest BCUT2D eigenvalue weighted by atomic mass is 10.4. The standard InChI is InChI=1S/C11H15N5O2S/c1-4-16-10(3)11(9(2)14-16)19(17,18)15(7-5-12)8-6-13/h4,7-8H2,1-3H3. The van der Waals surface area contributed by atoms with Gasteiger partial charge in [-0.25, -0.2) is 8.42 Å². The highest BCUT2D eigenvalue weighted by Gasteiger charge is 2.30. The first kappa shape index (κ1) is 15.2. The van der Waals surface area contributed by atoms with Gasteiger partial charge in [0.15, 0.2) is 0 Å². The highest BCUT2D eigenvalue weighted by Crippen LogP contribution is 2.23. The van der Waals surface area contributed by atoms with Crippen LogP contribution < -0.4 is 0 Å². The summed E-state index contributed by atoms with van der Waals surface area (Å²) in [5.41, 5.74) is 0.890. The van der Waals surface area contributed by atoms with Crippen LogP contribution in [0.25, 0.3) is 0 Å². The molecule has 0 radical (unpaired) electrons. The third-order valence-corrected chi connectivity index (χ3v) is 4.75. The molecule has 0 aliphatic heterocycles. The van der Waals surface area contributed by atoms with Crippen molar-refractivity contribution in [2.24, 2.45) is 0 Å². The molecule has 0 saturated carbocycles. The van der Waals surface area contributed by atoms with Crippen molar-refractivity contribution >= 4 is 10.0 Å². The van der Waals surface area contributed by atoms with E-state index in [4.69, 9.17) is 10.5 Å². The number of nitriles is 2. The maximum Gasteiger partial charge on any atom is 0.248 e. The number of hydrogen-bond acceptors (Lipinski definition) is 5. The molecule has 0 atom stereocenters. The monoisotopic (exact) mass is 281 g/mol. The van der Waals surface area contributed by atoms with Crippen molar-refractivity contribution in [3.05, 3.63) is 11.4 Å². The Bertz CT molecular complexity index is 632. The maximum atomic E-state index is 12.5. The van der Waals surface area contributed by atoms with Crippen LogP contribution in [0.2, 0.25) is 0 Å². The first-order valence-corrected chi connectivity index (χ1v) is 7.12. The highest BCUT2D eigenvalue weighted by molar-refractivity contribution is 7.89. The minimum Gasteiger partial charge on any atom is -0.268 e. The molecule has 0 unspecified atom stereocenters. The topological polar surface area (TPSA) is 103 Å². The van der Waals surface area contributed by atoms with Gasteiger partial charge < -0.3 is 0 Å². The van der Waals surface area contributed by atoms with E-state index in [1.54, 1.807) is 30.7 Å². The van der Waals surface area contributed by atoms with Crippen molar-refractivity contribution in [3.63, 3.8) is 0 Å². The van der Waals surface area contributed by atoms with Crippen molar-refractivity contribution in [2.45, 2.75) is 32.2 Å². The van der Waals surface area contributed by atoms with Gasteiger partial charge >= 0.3 is 0 Å². The quantitative estimate of drug-likeness (QED) is 0.733. The number of rotatable bonds is 5. The van der Waals surface area contributed by atoms with Crippen molar-refractivity contribution in [3.8, 4) is 12.1 Å². The summed E-state index contributed by atoms with van der Waals surface area (Å²) in [7, 11) is -3.87. The van der Waals surface area contributed by atoms with E-state index in [1.165, 1.54) is 0 Å². The van der Waals surface area contributed by atoms with Crippen LogP contribution in [-0.2, 0) is 16.6 Å². The molecule has 0 fully saturated rings. The van der Waals surface area contributed by atoms with Gasteiger partial charge in [0.25, 0.3) is 0 Å². The summed E-state index contributed by atoms with van der Waals surface area (Å²) >= 11 is 0. The fourth-order valence-corrected chi connectivity index (χ4v) is 3.48. The van der Waals surface area contributed by atoms with Crippen LogP contribution in [0, 0.1) is 36.5 Å². The Balaban J connectivity index is 3.39. The van der Waals surface area contributed by atoms with Crippen molar-refractivity contribution in [2.75, 3.05) is 13.1 Å². The van der Waals surface area contributed by atoms with Crippen LogP contribution in [0.4, 0.5) is 0 Å². The summed E-state index contributed by atoms with van der Waals surface area (Å²) < 4.78 is 27.3. The number of nitrogens with zero attached hydrogens (tertiary/aromatic N) is 5. The number of hydrogen-bond donors (Lipinski definition) is 0. The Labute approximate surface area is 112 Å². The second kappa shape index (κ2) is 5.83. The summed E-state index contributed by atoms with van der Waals surface area (Å²) in [5, 5.41) is 21.5. The average Bonchev–Trinajstić information content (AvgIpc) is 2.64. The Kier molecular flexibility index (Phi) is 4.65. The number of aryl methyl sites for hydroxylation is 2. The van der Waals surface area contributed by atoms with Gasteiger partial charge in [0, 0.05) is 6.54 Å². The van der Waals surface area contributed by atoms with E-state index < -0.39 is 10.0 Å². The van der Waals surface area contributed by atoms with E-state index in [2.05, 4.69) is 5.10 Å². The summed E-state index contributed by atoms with van der Waals surface area (Å²) in [6, 6.07) is 3.51. The minimum atomic E-state index is -3.87. The lowest BCUT2D eigenvalue weighted by molar-refractivity contribution is 0.478. The van der Waals surface area contributed by atoms with Crippen LogP contribution in [-0.4, -0.2) is 35.6 Å². The van der Waals surface area contributed by atoms with Crippen LogP contribution in [0.5, 0.6) is 0 Å². The summed E-state index contributed by atoms with van der Waals surface area (Å²) in [5.74, 6) is 0. The lowest BCUT2D eigenvalue weighted by Gasteiger charge is -2.16. The minimum absolute atomic E-state index is 0.0832. The molecule has 0 spiro atoms. The summed E-state index contributed by atoms with van der Waals surface area (Å²) in [6.45, 7) is 4.96. The predicted octanol–water partition coefficient (Wildman–Crippen LogP) is 0.558. The van der Waals surface area contributed by atoms with Crippen LogP contribution >= 0.6 is 0 Å². The van der Waals surface area contributed by atoms with Crippen LogP contribution in [0.15, 0.2) is 4.90 Å². The zero-order chi connectivity index (χ0) is 14.6. The Morgan fingerprint density at radius 1 is 1.26 bits per heavy atom. The number of aromatic nitrogens is 2. The third-order valence-electron chi connectivity index (χ3n) is 2.71. The van der Waals surface area contributed by atoms with E-state index in [9.17, 15) is 8.42 Å². The van der Waals surface area contributed by atoms with E-state index in [0.29, 0.717) is 17.9 Å². The molecule has 0 aliphatic rings. The molecule has 0 saturated heterocycles. The van der Waals surface area contributed by atoms with Crippen molar-refractivity contribution < 1.29 is 8.42 Å². The molecule has 1 aromatic heterocycles. The Hall–Kier alpha value is -1.90. The fraction of sp³-hybridized carbons (Fsp3) is 0.545. The lowest BCUT2D eigenvalue weighted by Crippen LogP contribution is -2.32. The first-order chi connectivity index (χ1) is 8.89. The molecular formula is C11H15N5O2S. The first-order valence-electron chi connectivity index (χ1n) is 5.68. The van der Waals surface area contributed by atoms with Gasteiger partial charge in [-0.1, -0.05) is 0 Å². The van der Waals surface area contributed by atoms with E-state index in [0.717, 1.165) is 4.31 Å². The normalized spacial score (nSPS) is 11.3. The molecule has 0 bridgehead atoms. The van der Waals surface area contributed by atoms with Gasteiger partial charge in [0.2, 0.25) is 10.0 Å². The fourth-order valence-electron chi connectivity index (χ4n) is 1.87. The van der Waals surface area contributed by atoms with E-state index in [-0.39, 0.29) is 18.0 Å². The van der Waals surface area contributed by atoms with Gasteiger partial charge in [-0.05, 0) is 20.8 Å². The molecular weight excluding hydrogens is 266 g/mol. The molecule has 7 nitrogen and oxygen atoms in total. The van der Waals surface area contributed by atoms with Gasteiger partial charge in [-0.3, -0.25) is 4.68 Å². The van der Waals surface area contributed by atoms with Crippen LogP contribution in [0.3, 0.4) is 0 Å². The Morgan fingerprint density at radius 2 is 1.79 bits per heavy atom. The van der Waals surface area contributed by atoms with Gasteiger partial charge in [0.05, 0.1) is 23.5 Å². The van der Waals surface area contributed by atoms with Crippen molar-refractivity contribution in [1.29, 1.82) is 10.5 Å². The maximum absolute atomic E-state index is 12.5. The van der Waals surface area contributed by atoms with Gasteiger partial charge in [-0.2, -0.15) is 19.9 Å². The molecule has 0 N–H and O–H groups in total. The van der Waals surface area contributed by atoms with Gasteiger partial charge in [-0.15, -0.1) is 0 Å². The molecule has 0 aliphatic carbocycles. The second-order valence-electron chi connectivity index (χ2n) is 3.91. The highest BCUT2D eigenvalue weighted by atomic mass is 32.2. The molecule has 0 aromatic carbocycles. The molecule has 1 rings (SSSR count). The molecule has 0 amide bonds. The Morgan fingerprint density at radius 3 is 2.16 bits per heavy atom. The second-order valence-corrected chi connectivity index (χ2v) is 5.78. The average molecular weight is 281 g/mol. The summed E-state index contributed by atoms with van der Waals surface area (Å²) in [6.07, 6.45) is 0. The predicted molar refractivity (Wildman–Crippen MR) is 67.4 cm³/mol. The number of sulfonamides is 1. The van der Waals surface area contributed by atoms with Crippen molar-refractivity contribution in [1.82, 2.24) is 14.1 Å². The van der Waals surface area contributed by atoms with E-state index >= 15 is 0 Å². The summed E-state index contributed by atoms with van der Waals surface area (Å²) in [4.78, 5) is 0.0832. The zero-order valence-electron chi connectivity index (χ0n) is 11.1. The molecule has 8 heteroatoms. The molecule has 1 aromatic rings. The largest absolute Gasteiger partial charge is 0.268 e. The van der Waals surface area contributed by atoms with Gasteiger partial charge in [0.1, 0.15) is 18.0 Å². The SMILES string of the molecule is CCn1nc(C)c(S(=O)(=O)N(CC#N)CC#N)c1C. The smallest absolute Gasteiger partial charge is 0.248 e. The molecule has 19 heavy (non-hydrogen) atoms. The third kappa shape index (κ3) is 2.75.